The van der Waals surface area contributed by atoms with Crippen molar-refractivity contribution in [1.29, 1.82) is 0 Å². The largest absolute Gasteiger partial charge is 0.497 e. The molecule has 1 fully saturated rings. The Kier molecular flexibility index (Phi) is 5.26. The van der Waals surface area contributed by atoms with E-state index in [-0.39, 0.29) is 30.8 Å². The molecule has 0 radical (unpaired) electrons. The summed E-state index contributed by atoms with van der Waals surface area (Å²) in [6.45, 7) is 0.747. The van der Waals surface area contributed by atoms with Crippen LogP contribution in [0.15, 0.2) is 67.0 Å². The summed E-state index contributed by atoms with van der Waals surface area (Å²) < 4.78 is 5.21. The Bertz CT molecular complexity index is 1230. The van der Waals surface area contributed by atoms with E-state index in [4.69, 9.17) is 4.74 Å². The minimum absolute atomic E-state index is 0.130. The molecule has 33 heavy (non-hydrogen) atoms. The summed E-state index contributed by atoms with van der Waals surface area (Å²) in [6, 6.07) is 15.6. The zero-order chi connectivity index (χ0) is 22.9. The molecule has 5 rings (SSSR count). The minimum Gasteiger partial charge on any atom is -0.497 e. The number of hydrogen-bond donors (Lipinski definition) is 1. The molecule has 0 aliphatic carbocycles. The molecule has 0 unspecified atom stereocenters. The van der Waals surface area contributed by atoms with Crippen molar-refractivity contribution in [3.63, 3.8) is 0 Å². The summed E-state index contributed by atoms with van der Waals surface area (Å²) in [7, 11) is 1.61. The number of carbonyl (C=O) groups excluding carboxylic acids is 3. The fraction of sp³-hybridized carbons (Fsp3) is 0.200. The van der Waals surface area contributed by atoms with Gasteiger partial charge in [0.2, 0.25) is 5.91 Å². The van der Waals surface area contributed by atoms with E-state index in [2.05, 4.69) is 10.3 Å². The van der Waals surface area contributed by atoms with Crippen molar-refractivity contribution < 1.29 is 19.1 Å². The highest BCUT2D eigenvalue weighted by molar-refractivity contribution is 6.11. The molecular weight excluding hydrogens is 420 g/mol. The van der Waals surface area contributed by atoms with Gasteiger partial charge >= 0.3 is 0 Å². The molecule has 3 aromatic rings. The number of piperazine rings is 1. The fourth-order valence-electron chi connectivity index (χ4n) is 4.27. The van der Waals surface area contributed by atoms with Crippen LogP contribution in [0.5, 0.6) is 5.75 Å². The number of nitrogens with zero attached hydrogens (tertiary/aromatic N) is 3. The Labute approximate surface area is 190 Å². The molecule has 0 bridgehead atoms. The number of ether oxygens (including phenoxy) is 1. The lowest BCUT2D eigenvalue weighted by Gasteiger charge is -2.39. The average Bonchev–Trinajstić information content (AvgIpc) is 2.98. The number of nitrogens with one attached hydrogen (secondary N) is 1. The van der Waals surface area contributed by atoms with Gasteiger partial charge in [-0.3, -0.25) is 19.4 Å². The van der Waals surface area contributed by atoms with E-state index in [1.807, 2.05) is 30.3 Å². The molecule has 1 aromatic heterocycles. The van der Waals surface area contributed by atoms with Gasteiger partial charge < -0.3 is 19.9 Å². The molecule has 1 N–H and O–H groups in total. The first-order chi connectivity index (χ1) is 16.0. The van der Waals surface area contributed by atoms with Gasteiger partial charge in [0.05, 0.1) is 30.5 Å². The van der Waals surface area contributed by atoms with Gasteiger partial charge in [0, 0.05) is 25.5 Å². The third kappa shape index (κ3) is 3.80. The van der Waals surface area contributed by atoms with Gasteiger partial charge in [-0.05, 0) is 47.5 Å². The quantitative estimate of drug-likeness (QED) is 0.673. The second-order valence-electron chi connectivity index (χ2n) is 7.99. The third-order valence-corrected chi connectivity index (χ3v) is 6.07. The van der Waals surface area contributed by atoms with E-state index in [1.165, 1.54) is 6.20 Å². The van der Waals surface area contributed by atoms with Crippen LogP contribution in [-0.2, 0) is 4.79 Å². The molecule has 1 atom stereocenters. The lowest BCUT2D eigenvalue weighted by molar-refractivity contribution is -0.121. The number of amides is 3. The molecule has 8 heteroatoms. The highest BCUT2D eigenvalue weighted by Gasteiger charge is 2.40. The van der Waals surface area contributed by atoms with Crippen LogP contribution >= 0.6 is 0 Å². The number of benzene rings is 2. The molecule has 0 saturated carbocycles. The van der Waals surface area contributed by atoms with Crippen molar-refractivity contribution in [3.8, 4) is 16.9 Å². The van der Waals surface area contributed by atoms with Crippen LogP contribution in [0.1, 0.15) is 20.7 Å². The van der Waals surface area contributed by atoms with Gasteiger partial charge in [-0.2, -0.15) is 0 Å². The van der Waals surface area contributed by atoms with Crippen molar-refractivity contribution >= 4 is 23.4 Å². The van der Waals surface area contributed by atoms with Gasteiger partial charge in [0.15, 0.2) is 0 Å². The van der Waals surface area contributed by atoms with Crippen molar-refractivity contribution in [1.82, 2.24) is 14.8 Å². The zero-order valence-electron chi connectivity index (χ0n) is 18.0. The van der Waals surface area contributed by atoms with Gasteiger partial charge in [-0.25, -0.2) is 0 Å². The van der Waals surface area contributed by atoms with Crippen molar-refractivity contribution in [2.75, 3.05) is 32.1 Å². The van der Waals surface area contributed by atoms with Gasteiger partial charge in [0.25, 0.3) is 11.8 Å². The standard InChI is InChI=1S/C25H22N4O4/c1-33-19-7-4-16(5-8-19)17-6-9-21-20(13-17)25(32)29-12-11-28(15-22(29)23(30)27-21)24(31)18-3-2-10-26-14-18/h2-10,13-14,22H,11-12,15H2,1H3,(H,27,30)/t22-/m1/s1. The Balaban J connectivity index is 1.42. The summed E-state index contributed by atoms with van der Waals surface area (Å²) in [5.74, 6) is 0.0186. The molecule has 2 aliphatic rings. The van der Waals surface area contributed by atoms with E-state index in [9.17, 15) is 14.4 Å². The zero-order valence-corrected chi connectivity index (χ0v) is 18.0. The number of carbonyl (C=O) groups is 3. The Morgan fingerprint density at radius 1 is 1.06 bits per heavy atom. The molecule has 2 aliphatic heterocycles. The lowest BCUT2D eigenvalue weighted by atomic mass is 10.0. The SMILES string of the molecule is COc1ccc(-c2ccc3c(c2)C(=O)N2CCN(C(=O)c4cccnc4)C[C@@H]2C(=O)N3)cc1. The van der Waals surface area contributed by atoms with Crippen LogP contribution in [0.25, 0.3) is 11.1 Å². The second kappa shape index (κ2) is 8.38. The van der Waals surface area contributed by atoms with Crippen molar-refractivity contribution in [3.05, 3.63) is 78.1 Å². The molecule has 2 aromatic carbocycles. The first-order valence-electron chi connectivity index (χ1n) is 10.6. The first kappa shape index (κ1) is 20.7. The minimum atomic E-state index is -0.760. The maximum atomic E-state index is 13.4. The number of rotatable bonds is 3. The Morgan fingerprint density at radius 2 is 1.85 bits per heavy atom. The molecule has 0 spiro atoms. The van der Waals surface area contributed by atoms with Crippen molar-refractivity contribution in [2.24, 2.45) is 0 Å². The van der Waals surface area contributed by atoms with Gasteiger partial charge in [-0.15, -0.1) is 0 Å². The highest BCUT2D eigenvalue weighted by atomic mass is 16.5. The number of methoxy groups -OCH3 is 1. The molecular formula is C25H22N4O4. The number of hydrogen-bond acceptors (Lipinski definition) is 5. The van der Waals surface area contributed by atoms with Gasteiger partial charge in [-0.1, -0.05) is 18.2 Å². The van der Waals surface area contributed by atoms with Crippen LogP contribution in [0.3, 0.4) is 0 Å². The topological polar surface area (TPSA) is 91.8 Å². The summed E-state index contributed by atoms with van der Waals surface area (Å²) in [6.07, 6.45) is 3.10. The molecule has 8 nitrogen and oxygen atoms in total. The second-order valence-corrected chi connectivity index (χ2v) is 7.99. The van der Waals surface area contributed by atoms with Crippen LogP contribution in [-0.4, -0.2) is 65.3 Å². The first-order valence-corrected chi connectivity index (χ1v) is 10.6. The number of anilines is 1. The van der Waals surface area contributed by atoms with Crippen LogP contribution in [0.4, 0.5) is 5.69 Å². The van der Waals surface area contributed by atoms with E-state index >= 15 is 0 Å². The monoisotopic (exact) mass is 442 g/mol. The number of fused-ring (bicyclic) bond motifs is 2. The van der Waals surface area contributed by atoms with Gasteiger partial charge in [0.1, 0.15) is 11.8 Å². The maximum absolute atomic E-state index is 13.4. The third-order valence-electron chi connectivity index (χ3n) is 6.07. The summed E-state index contributed by atoms with van der Waals surface area (Å²) in [5.41, 5.74) is 3.17. The van der Waals surface area contributed by atoms with Crippen LogP contribution in [0, 0.1) is 0 Å². The molecule has 3 heterocycles. The van der Waals surface area contributed by atoms with E-state index in [0.29, 0.717) is 23.4 Å². The summed E-state index contributed by atoms with van der Waals surface area (Å²) >= 11 is 0. The predicted molar refractivity (Wildman–Crippen MR) is 122 cm³/mol. The molecule has 3 amide bonds. The lowest BCUT2D eigenvalue weighted by Crippen LogP contribution is -2.59. The fourth-order valence-corrected chi connectivity index (χ4v) is 4.27. The number of aromatic nitrogens is 1. The Hall–Kier alpha value is -4.20. The van der Waals surface area contributed by atoms with Crippen molar-refractivity contribution in [2.45, 2.75) is 6.04 Å². The van der Waals surface area contributed by atoms with E-state index < -0.39 is 6.04 Å². The van der Waals surface area contributed by atoms with E-state index in [0.717, 1.165) is 16.9 Å². The maximum Gasteiger partial charge on any atom is 0.256 e. The highest BCUT2D eigenvalue weighted by Crippen LogP contribution is 2.31. The molecule has 1 saturated heterocycles. The Morgan fingerprint density at radius 3 is 2.58 bits per heavy atom. The van der Waals surface area contributed by atoms with E-state index in [1.54, 1.807) is 47.4 Å². The number of pyridine rings is 1. The predicted octanol–water partition coefficient (Wildman–Crippen LogP) is 2.68. The normalized spacial score (nSPS) is 17.5. The smallest absolute Gasteiger partial charge is 0.256 e. The van der Waals surface area contributed by atoms with Crippen LogP contribution in [0.2, 0.25) is 0 Å². The molecule has 166 valence electrons. The summed E-state index contributed by atoms with van der Waals surface area (Å²) in [4.78, 5) is 46.5. The summed E-state index contributed by atoms with van der Waals surface area (Å²) in [5, 5.41) is 2.88. The van der Waals surface area contributed by atoms with Crippen LogP contribution < -0.4 is 10.1 Å². The average molecular weight is 442 g/mol.